The Morgan fingerprint density at radius 3 is 2.82 bits per heavy atom. The molecule has 2 aromatic rings. The molecule has 1 aromatic heterocycles. The Morgan fingerprint density at radius 1 is 1.29 bits per heavy atom. The van der Waals surface area contributed by atoms with Crippen LogP contribution in [0.25, 0.3) is 0 Å². The highest BCUT2D eigenvalue weighted by Gasteiger charge is 2.09. The van der Waals surface area contributed by atoms with E-state index in [1.54, 1.807) is 6.07 Å². The molecule has 1 heterocycles. The van der Waals surface area contributed by atoms with Gasteiger partial charge in [0.1, 0.15) is 6.07 Å². The average Bonchev–Trinajstić information content (AvgIpc) is 2.35. The molecule has 0 aliphatic rings. The standard InChI is InChI=1S/C12H10N4O/c1-8-3-2-4-10(11(8)14)17-12-9(7-13)15-5-6-16-12/h2-6H,14H2,1H3. The van der Waals surface area contributed by atoms with Gasteiger partial charge in [0.05, 0.1) is 5.69 Å². The number of nitrogens with zero attached hydrogens (tertiary/aromatic N) is 3. The van der Waals surface area contributed by atoms with Crippen LogP contribution in [0.3, 0.4) is 0 Å². The van der Waals surface area contributed by atoms with Crippen molar-refractivity contribution in [3.05, 3.63) is 41.9 Å². The van der Waals surface area contributed by atoms with Crippen LogP contribution in [0.1, 0.15) is 11.3 Å². The summed E-state index contributed by atoms with van der Waals surface area (Å²) in [7, 11) is 0. The fourth-order valence-electron chi connectivity index (χ4n) is 1.32. The highest BCUT2D eigenvalue weighted by atomic mass is 16.5. The van der Waals surface area contributed by atoms with Gasteiger partial charge in [-0.15, -0.1) is 0 Å². The van der Waals surface area contributed by atoms with Crippen LogP contribution in [0.5, 0.6) is 11.6 Å². The fraction of sp³-hybridized carbons (Fsp3) is 0.0833. The van der Waals surface area contributed by atoms with Crippen LogP contribution in [0.4, 0.5) is 5.69 Å². The van der Waals surface area contributed by atoms with Crippen LogP contribution in [-0.2, 0) is 0 Å². The lowest BCUT2D eigenvalue weighted by Crippen LogP contribution is -1.98. The van der Waals surface area contributed by atoms with E-state index >= 15 is 0 Å². The van der Waals surface area contributed by atoms with E-state index in [4.69, 9.17) is 15.7 Å². The number of para-hydroxylation sites is 1. The molecule has 0 saturated carbocycles. The van der Waals surface area contributed by atoms with E-state index in [2.05, 4.69) is 9.97 Å². The minimum absolute atomic E-state index is 0.133. The number of benzene rings is 1. The third kappa shape index (κ3) is 2.16. The summed E-state index contributed by atoms with van der Waals surface area (Å²) in [6.07, 6.45) is 2.90. The van der Waals surface area contributed by atoms with Crippen molar-refractivity contribution in [2.75, 3.05) is 5.73 Å². The van der Waals surface area contributed by atoms with Crippen molar-refractivity contribution in [2.24, 2.45) is 0 Å². The summed E-state index contributed by atoms with van der Waals surface area (Å²) in [5.41, 5.74) is 7.44. The molecular weight excluding hydrogens is 216 g/mol. The van der Waals surface area contributed by atoms with Gasteiger partial charge in [-0.2, -0.15) is 5.26 Å². The first kappa shape index (κ1) is 10.9. The van der Waals surface area contributed by atoms with Crippen LogP contribution in [-0.4, -0.2) is 9.97 Å². The minimum Gasteiger partial charge on any atom is -0.434 e. The third-order valence-electron chi connectivity index (χ3n) is 2.26. The predicted octanol–water partition coefficient (Wildman–Crippen LogP) is 2.03. The van der Waals surface area contributed by atoms with Gasteiger partial charge in [-0.05, 0) is 18.6 Å². The molecular formula is C12H10N4O. The van der Waals surface area contributed by atoms with Crippen LogP contribution in [0.2, 0.25) is 0 Å². The van der Waals surface area contributed by atoms with Crippen molar-refractivity contribution in [1.29, 1.82) is 5.26 Å². The van der Waals surface area contributed by atoms with Gasteiger partial charge in [0.25, 0.3) is 5.88 Å². The summed E-state index contributed by atoms with van der Waals surface area (Å²) in [6.45, 7) is 1.88. The Morgan fingerprint density at radius 2 is 2.06 bits per heavy atom. The fourth-order valence-corrected chi connectivity index (χ4v) is 1.32. The second-order valence-corrected chi connectivity index (χ2v) is 3.41. The molecule has 1 aromatic carbocycles. The van der Waals surface area contributed by atoms with E-state index in [0.717, 1.165) is 5.56 Å². The second-order valence-electron chi connectivity index (χ2n) is 3.41. The number of rotatable bonds is 2. The highest BCUT2D eigenvalue weighted by molar-refractivity contribution is 5.59. The molecule has 0 unspecified atom stereocenters. The largest absolute Gasteiger partial charge is 0.434 e. The molecule has 2 rings (SSSR count). The summed E-state index contributed by atoms with van der Waals surface area (Å²) in [4.78, 5) is 7.81. The number of aromatic nitrogens is 2. The van der Waals surface area contributed by atoms with E-state index in [-0.39, 0.29) is 11.6 Å². The lowest BCUT2D eigenvalue weighted by atomic mass is 10.2. The Bertz CT molecular complexity index is 589. The molecule has 17 heavy (non-hydrogen) atoms. The zero-order valence-electron chi connectivity index (χ0n) is 9.21. The van der Waals surface area contributed by atoms with Crippen molar-refractivity contribution in [1.82, 2.24) is 9.97 Å². The van der Waals surface area contributed by atoms with Crippen LogP contribution < -0.4 is 10.5 Å². The van der Waals surface area contributed by atoms with Crippen molar-refractivity contribution < 1.29 is 4.74 Å². The number of nitrogens with two attached hydrogens (primary N) is 1. The summed E-state index contributed by atoms with van der Waals surface area (Å²) in [5.74, 6) is 0.634. The van der Waals surface area contributed by atoms with E-state index in [9.17, 15) is 0 Å². The molecule has 0 radical (unpaired) electrons. The lowest BCUT2D eigenvalue weighted by Gasteiger charge is -2.09. The molecule has 0 atom stereocenters. The quantitative estimate of drug-likeness (QED) is 0.792. The molecule has 0 bridgehead atoms. The number of nitrogen functional groups attached to an aromatic ring is 1. The van der Waals surface area contributed by atoms with Gasteiger partial charge in [-0.3, -0.25) is 0 Å². The molecule has 0 amide bonds. The SMILES string of the molecule is Cc1cccc(Oc2nccnc2C#N)c1N. The first-order chi connectivity index (χ1) is 8.22. The summed E-state index contributed by atoms with van der Waals surface area (Å²) in [6, 6.07) is 7.33. The van der Waals surface area contributed by atoms with Crippen molar-refractivity contribution in [2.45, 2.75) is 6.92 Å². The normalized spacial score (nSPS) is 9.65. The molecule has 0 aliphatic carbocycles. The van der Waals surface area contributed by atoms with E-state index in [0.29, 0.717) is 11.4 Å². The van der Waals surface area contributed by atoms with Gasteiger partial charge in [-0.25, -0.2) is 9.97 Å². The third-order valence-corrected chi connectivity index (χ3v) is 2.26. The maximum atomic E-state index is 8.86. The number of hydrogen-bond donors (Lipinski definition) is 1. The predicted molar refractivity (Wildman–Crippen MR) is 62.4 cm³/mol. The lowest BCUT2D eigenvalue weighted by molar-refractivity contribution is 0.460. The van der Waals surface area contributed by atoms with Gasteiger partial charge in [0.15, 0.2) is 5.75 Å². The van der Waals surface area contributed by atoms with Gasteiger partial charge in [0.2, 0.25) is 5.69 Å². The van der Waals surface area contributed by atoms with Gasteiger partial charge in [-0.1, -0.05) is 12.1 Å². The number of ether oxygens (including phenoxy) is 1. The molecule has 0 fully saturated rings. The molecule has 84 valence electrons. The number of hydrogen-bond acceptors (Lipinski definition) is 5. The van der Waals surface area contributed by atoms with Crippen molar-refractivity contribution >= 4 is 5.69 Å². The Hall–Kier alpha value is -2.61. The average molecular weight is 226 g/mol. The first-order valence-electron chi connectivity index (χ1n) is 4.96. The molecule has 5 nitrogen and oxygen atoms in total. The maximum Gasteiger partial charge on any atom is 0.256 e. The smallest absolute Gasteiger partial charge is 0.256 e. The van der Waals surface area contributed by atoms with Crippen LogP contribution >= 0.6 is 0 Å². The van der Waals surface area contributed by atoms with E-state index < -0.39 is 0 Å². The number of nitriles is 1. The summed E-state index contributed by atoms with van der Waals surface area (Å²) < 4.78 is 5.49. The maximum absolute atomic E-state index is 8.86. The zero-order chi connectivity index (χ0) is 12.3. The summed E-state index contributed by atoms with van der Waals surface area (Å²) in [5, 5.41) is 8.86. The van der Waals surface area contributed by atoms with Crippen LogP contribution in [0, 0.1) is 18.3 Å². The van der Waals surface area contributed by atoms with Gasteiger partial charge in [0, 0.05) is 12.4 Å². The summed E-state index contributed by atoms with van der Waals surface area (Å²) >= 11 is 0. The minimum atomic E-state index is 0.133. The van der Waals surface area contributed by atoms with Gasteiger partial charge >= 0.3 is 0 Å². The van der Waals surface area contributed by atoms with E-state index in [1.807, 2.05) is 25.1 Å². The molecule has 0 spiro atoms. The van der Waals surface area contributed by atoms with Crippen molar-refractivity contribution in [3.63, 3.8) is 0 Å². The Labute approximate surface area is 98.5 Å². The monoisotopic (exact) mass is 226 g/mol. The van der Waals surface area contributed by atoms with Crippen LogP contribution in [0.15, 0.2) is 30.6 Å². The number of anilines is 1. The Balaban J connectivity index is 2.39. The molecule has 0 aliphatic heterocycles. The highest BCUT2D eigenvalue weighted by Crippen LogP contribution is 2.29. The zero-order valence-corrected chi connectivity index (χ0v) is 9.21. The first-order valence-corrected chi connectivity index (χ1v) is 4.96. The molecule has 2 N–H and O–H groups in total. The molecule has 5 heteroatoms. The van der Waals surface area contributed by atoms with E-state index in [1.165, 1.54) is 12.4 Å². The second kappa shape index (κ2) is 4.49. The van der Waals surface area contributed by atoms with Crippen molar-refractivity contribution in [3.8, 4) is 17.7 Å². The topological polar surface area (TPSA) is 84.8 Å². The van der Waals surface area contributed by atoms with Gasteiger partial charge < -0.3 is 10.5 Å². The Kier molecular flexibility index (Phi) is 2.88. The molecule has 0 saturated heterocycles. The number of aryl methyl sites for hydroxylation is 1.